The second kappa shape index (κ2) is 8.19. The zero-order valence-corrected chi connectivity index (χ0v) is 16.6. The standard InChI is InChI=1S/C22H27N3O3/c1-16-6-3-4-12-24(16)15-22(26)25-20(21-7-5-13-28-21)14-19(23-25)17-8-10-18(27-2)11-9-17/h5,7-11,13,16,20H,3-4,6,12,14-15H2,1-2H3/p+1/t16-,20+/m1/s1. The molecule has 3 atom stereocenters. The fourth-order valence-electron chi connectivity index (χ4n) is 4.19. The van der Waals surface area contributed by atoms with Crippen molar-refractivity contribution in [1.82, 2.24) is 5.01 Å². The molecule has 3 heterocycles. The number of furan rings is 1. The second-order valence-corrected chi connectivity index (χ2v) is 7.73. The van der Waals surface area contributed by atoms with Crippen molar-refractivity contribution in [3.05, 3.63) is 54.0 Å². The van der Waals surface area contributed by atoms with Crippen LogP contribution in [0.4, 0.5) is 0 Å². The van der Waals surface area contributed by atoms with Gasteiger partial charge in [0.1, 0.15) is 17.6 Å². The van der Waals surface area contributed by atoms with Crippen molar-refractivity contribution < 1.29 is 18.8 Å². The number of nitrogens with one attached hydrogen (secondary N) is 1. The van der Waals surface area contributed by atoms with Crippen molar-refractivity contribution in [3.63, 3.8) is 0 Å². The number of quaternary nitrogens is 1. The van der Waals surface area contributed by atoms with Gasteiger partial charge in [-0.3, -0.25) is 4.79 Å². The highest BCUT2D eigenvalue weighted by Crippen LogP contribution is 2.33. The molecule has 148 valence electrons. The summed E-state index contributed by atoms with van der Waals surface area (Å²) in [5.74, 6) is 1.65. The zero-order chi connectivity index (χ0) is 19.5. The molecule has 1 aromatic heterocycles. The van der Waals surface area contributed by atoms with Gasteiger partial charge >= 0.3 is 0 Å². The molecule has 2 aromatic rings. The summed E-state index contributed by atoms with van der Waals surface area (Å²) in [6.07, 6.45) is 5.94. The molecule has 0 saturated carbocycles. The molecule has 1 amide bonds. The van der Waals surface area contributed by atoms with E-state index < -0.39 is 0 Å². The van der Waals surface area contributed by atoms with Crippen molar-refractivity contribution in [1.29, 1.82) is 0 Å². The van der Waals surface area contributed by atoms with E-state index in [0.29, 0.717) is 19.0 Å². The summed E-state index contributed by atoms with van der Waals surface area (Å²) in [5, 5.41) is 6.37. The minimum Gasteiger partial charge on any atom is -0.497 e. The molecule has 0 radical (unpaired) electrons. The average Bonchev–Trinajstić information content (AvgIpc) is 3.39. The predicted molar refractivity (Wildman–Crippen MR) is 106 cm³/mol. The van der Waals surface area contributed by atoms with Gasteiger partial charge in [0.15, 0.2) is 6.54 Å². The molecule has 2 aliphatic rings. The Morgan fingerprint density at radius 3 is 2.79 bits per heavy atom. The van der Waals surface area contributed by atoms with Crippen LogP contribution in [0.2, 0.25) is 0 Å². The Bertz CT molecular complexity index is 829. The van der Waals surface area contributed by atoms with E-state index in [1.54, 1.807) is 18.4 Å². The number of hydrogen-bond acceptors (Lipinski definition) is 4. The smallest absolute Gasteiger partial charge is 0.298 e. The minimum absolute atomic E-state index is 0.0636. The number of amides is 1. The molecule has 6 nitrogen and oxygen atoms in total. The summed E-state index contributed by atoms with van der Waals surface area (Å²) in [5.41, 5.74) is 1.91. The molecule has 2 aliphatic heterocycles. The van der Waals surface area contributed by atoms with E-state index >= 15 is 0 Å². The first-order valence-electron chi connectivity index (χ1n) is 10.1. The van der Waals surface area contributed by atoms with Crippen LogP contribution in [-0.2, 0) is 4.79 Å². The number of likely N-dealkylation sites (tertiary alicyclic amines) is 1. The first-order chi connectivity index (χ1) is 13.7. The number of hydrogen-bond donors (Lipinski definition) is 1. The summed E-state index contributed by atoms with van der Waals surface area (Å²) in [4.78, 5) is 14.5. The lowest BCUT2D eigenvalue weighted by atomic mass is 10.0. The van der Waals surface area contributed by atoms with Crippen LogP contribution >= 0.6 is 0 Å². The molecular formula is C22H28N3O3+. The number of piperidine rings is 1. The SMILES string of the molecule is COc1ccc(C2=NN(C(=O)C[NH+]3CCCC[C@H]3C)[C@H](c3ccco3)C2)cc1. The van der Waals surface area contributed by atoms with Crippen LogP contribution in [0, 0.1) is 0 Å². The molecule has 1 aromatic carbocycles. The maximum Gasteiger partial charge on any atom is 0.298 e. The molecule has 0 bridgehead atoms. The summed E-state index contributed by atoms with van der Waals surface area (Å²) < 4.78 is 10.9. The lowest BCUT2D eigenvalue weighted by molar-refractivity contribution is -0.921. The predicted octanol–water partition coefficient (Wildman–Crippen LogP) is 2.42. The average molecular weight is 382 g/mol. The molecular weight excluding hydrogens is 354 g/mol. The molecule has 6 heteroatoms. The normalized spacial score (nSPS) is 24.9. The minimum atomic E-state index is -0.181. The number of nitrogens with zero attached hydrogens (tertiary/aromatic N) is 2. The lowest BCUT2D eigenvalue weighted by Crippen LogP contribution is -3.17. The molecule has 1 N–H and O–H groups in total. The van der Waals surface area contributed by atoms with Crippen LogP contribution in [-0.4, -0.2) is 42.9 Å². The number of benzene rings is 1. The van der Waals surface area contributed by atoms with Crippen LogP contribution < -0.4 is 9.64 Å². The van der Waals surface area contributed by atoms with Gasteiger partial charge in [-0.15, -0.1) is 0 Å². The van der Waals surface area contributed by atoms with Gasteiger partial charge in [-0.2, -0.15) is 5.10 Å². The van der Waals surface area contributed by atoms with Crippen LogP contribution in [0.3, 0.4) is 0 Å². The van der Waals surface area contributed by atoms with Gasteiger partial charge in [0.05, 0.1) is 31.7 Å². The third-order valence-electron chi connectivity index (χ3n) is 5.92. The number of carbonyl (C=O) groups is 1. The molecule has 1 saturated heterocycles. The van der Waals surface area contributed by atoms with E-state index in [4.69, 9.17) is 14.3 Å². The first-order valence-corrected chi connectivity index (χ1v) is 10.1. The van der Waals surface area contributed by atoms with Gasteiger partial charge < -0.3 is 14.1 Å². The third kappa shape index (κ3) is 3.83. The fourth-order valence-corrected chi connectivity index (χ4v) is 4.19. The second-order valence-electron chi connectivity index (χ2n) is 7.73. The van der Waals surface area contributed by atoms with Gasteiger partial charge in [0, 0.05) is 6.42 Å². The van der Waals surface area contributed by atoms with Gasteiger partial charge in [-0.25, -0.2) is 5.01 Å². The summed E-state index contributed by atoms with van der Waals surface area (Å²) in [6.45, 7) is 3.78. The van der Waals surface area contributed by atoms with Gasteiger partial charge in [0.25, 0.3) is 5.91 Å². The Labute approximate surface area is 165 Å². The van der Waals surface area contributed by atoms with Crippen molar-refractivity contribution in [2.45, 2.75) is 44.7 Å². The Hall–Kier alpha value is -2.60. The van der Waals surface area contributed by atoms with Gasteiger partial charge in [-0.05, 0) is 68.1 Å². The van der Waals surface area contributed by atoms with E-state index in [0.717, 1.165) is 29.3 Å². The Kier molecular flexibility index (Phi) is 5.48. The monoisotopic (exact) mass is 382 g/mol. The molecule has 28 heavy (non-hydrogen) atoms. The van der Waals surface area contributed by atoms with Crippen molar-refractivity contribution in [2.24, 2.45) is 5.10 Å². The number of ether oxygens (including phenoxy) is 1. The van der Waals surface area contributed by atoms with E-state index in [2.05, 4.69) is 6.92 Å². The van der Waals surface area contributed by atoms with E-state index in [1.165, 1.54) is 24.2 Å². The highest BCUT2D eigenvalue weighted by Gasteiger charge is 2.37. The lowest BCUT2D eigenvalue weighted by Gasteiger charge is -2.31. The molecule has 0 spiro atoms. The van der Waals surface area contributed by atoms with Crippen molar-refractivity contribution >= 4 is 11.6 Å². The summed E-state index contributed by atoms with van der Waals surface area (Å²) in [6, 6.07) is 11.9. The highest BCUT2D eigenvalue weighted by molar-refractivity contribution is 6.03. The number of methoxy groups -OCH3 is 1. The first kappa shape index (κ1) is 18.7. The van der Waals surface area contributed by atoms with Crippen LogP contribution in [0.1, 0.15) is 50.0 Å². The molecule has 4 rings (SSSR count). The van der Waals surface area contributed by atoms with Crippen molar-refractivity contribution in [2.75, 3.05) is 20.2 Å². The Balaban J connectivity index is 1.56. The van der Waals surface area contributed by atoms with E-state index in [9.17, 15) is 4.79 Å². The topological polar surface area (TPSA) is 59.5 Å². The van der Waals surface area contributed by atoms with Gasteiger partial charge in [0.2, 0.25) is 0 Å². The summed E-state index contributed by atoms with van der Waals surface area (Å²) >= 11 is 0. The third-order valence-corrected chi connectivity index (χ3v) is 5.92. The maximum absolute atomic E-state index is 13.2. The number of rotatable bonds is 5. The largest absolute Gasteiger partial charge is 0.497 e. The summed E-state index contributed by atoms with van der Waals surface area (Å²) in [7, 11) is 1.65. The van der Waals surface area contributed by atoms with E-state index in [-0.39, 0.29) is 11.9 Å². The quantitative estimate of drug-likeness (QED) is 0.864. The Morgan fingerprint density at radius 1 is 1.29 bits per heavy atom. The highest BCUT2D eigenvalue weighted by atomic mass is 16.5. The van der Waals surface area contributed by atoms with Crippen LogP contribution in [0.15, 0.2) is 52.2 Å². The zero-order valence-electron chi connectivity index (χ0n) is 16.6. The van der Waals surface area contributed by atoms with Crippen LogP contribution in [0.5, 0.6) is 5.75 Å². The van der Waals surface area contributed by atoms with E-state index in [1.807, 2.05) is 36.4 Å². The molecule has 1 fully saturated rings. The van der Waals surface area contributed by atoms with Crippen LogP contribution in [0.25, 0.3) is 0 Å². The Morgan fingerprint density at radius 2 is 2.11 bits per heavy atom. The maximum atomic E-state index is 13.2. The molecule has 0 aliphatic carbocycles. The fraction of sp³-hybridized carbons (Fsp3) is 0.455. The van der Waals surface area contributed by atoms with Gasteiger partial charge in [-0.1, -0.05) is 0 Å². The molecule has 1 unspecified atom stereocenters. The number of carbonyl (C=O) groups excluding carboxylic acids is 1. The number of hydrazone groups is 1. The van der Waals surface area contributed by atoms with Crippen molar-refractivity contribution in [3.8, 4) is 5.75 Å².